The van der Waals surface area contributed by atoms with Crippen LogP contribution in [0.15, 0.2) is 115 Å². The Morgan fingerprint density at radius 3 is 1.53 bits per heavy atom. The topological polar surface area (TPSA) is 140 Å². The number of amides is 2. The molecule has 4 aromatic carbocycles. The fourth-order valence-corrected chi connectivity index (χ4v) is 4.72. The molecule has 298 valence electrons. The molecule has 11 heteroatoms. The van der Waals surface area contributed by atoms with Gasteiger partial charge in [0.2, 0.25) is 0 Å². The molecule has 0 aliphatic rings. The number of urea groups is 1. The van der Waals surface area contributed by atoms with Gasteiger partial charge in [0.15, 0.2) is 0 Å². The van der Waals surface area contributed by atoms with Crippen LogP contribution in [-0.4, -0.2) is 43.0 Å². The van der Waals surface area contributed by atoms with E-state index in [0.717, 1.165) is 18.5 Å². The van der Waals surface area contributed by atoms with Crippen molar-refractivity contribution in [3.63, 3.8) is 0 Å². The van der Waals surface area contributed by atoms with Crippen LogP contribution in [0.1, 0.15) is 73.4 Å². The van der Waals surface area contributed by atoms with E-state index < -0.39 is 11.3 Å². The van der Waals surface area contributed by atoms with Gasteiger partial charge in [-0.2, -0.15) is 9.59 Å². The van der Waals surface area contributed by atoms with E-state index in [-0.39, 0.29) is 24.1 Å². The third-order valence-electron chi connectivity index (χ3n) is 6.85. The van der Waals surface area contributed by atoms with Crippen LogP contribution in [0.5, 0.6) is 0 Å². The molecule has 2 amide bonds. The average Bonchev–Trinajstić information content (AvgIpc) is 3.10. The Morgan fingerprint density at radius 2 is 1.15 bits per heavy atom. The summed E-state index contributed by atoms with van der Waals surface area (Å²) < 4.78 is 9.33. The summed E-state index contributed by atoms with van der Waals surface area (Å²) in [6, 6.07) is 37.0. The van der Waals surface area contributed by atoms with E-state index in [1.54, 1.807) is 38.1 Å². The quantitative estimate of drug-likeness (QED) is 0.0822. The number of halogens is 1. The third-order valence-corrected chi connectivity index (χ3v) is 7.10. The van der Waals surface area contributed by atoms with E-state index in [1.165, 1.54) is 18.2 Å². The van der Waals surface area contributed by atoms with E-state index in [1.807, 2.05) is 88.4 Å². The number of nitrogens with one attached hydrogen (secondary N) is 3. The van der Waals surface area contributed by atoms with Gasteiger partial charge in [-0.05, 0) is 87.1 Å². The highest BCUT2D eigenvalue weighted by Gasteiger charge is 2.20. The molecule has 0 aromatic heterocycles. The molecule has 0 atom stereocenters. The number of methoxy groups -OCH3 is 1. The number of carbonyl (C=O) groups is 3. The number of benzene rings is 4. The molecule has 0 saturated carbocycles. The predicted molar refractivity (Wildman–Crippen MR) is 221 cm³/mol. The average molecular weight is 776 g/mol. The van der Waals surface area contributed by atoms with Crippen molar-refractivity contribution in [1.29, 1.82) is 0 Å². The van der Waals surface area contributed by atoms with Gasteiger partial charge in [-0.1, -0.05) is 125 Å². The number of para-hydroxylation sites is 1. The first-order valence-corrected chi connectivity index (χ1v) is 18.1. The molecule has 0 radical (unpaired) electrons. The summed E-state index contributed by atoms with van der Waals surface area (Å²) in [4.78, 5) is 48.7. The van der Waals surface area contributed by atoms with Gasteiger partial charge < -0.3 is 25.4 Å². The molecular formula is C44H58ClN3O7. The van der Waals surface area contributed by atoms with E-state index >= 15 is 0 Å². The second-order valence-corrected chi connectivity index (χ2v) is 15.3. The Hall–Kier alpha value is -5.44. The largest absolute Gasteiger partial charge is 0.469 e. The van der Waals surface area contributed by atoms with Gasteiger partial charge in [0, 0.05) is 22.8 Å². The molecule has 0 bridgehead atoms. The monoisotopic (exact) mass is 775 g/mol. The number of hydrogen-bond acceptors (Lipinski definition) is 8. The Labute approximate surface area is 332 Å². The lowest BCUT2D eigenvalue weighted by Crippen LogP contribution is -2.51. The normalized spacial score (nSPS) is 10.3. The highest BCUT2D eigenvalue weighted by Crippen LogP contribution is 2.20. The maximum absolute atomic E-state index is 12.0. The van der Waals surface area contributed by atoms with Crippen LogP contribution in [0.3, 0.4) is 0 Å². The van der Waals surface area contributed by atoms with Crippen LogP contribution in [0.4, 0.5) is 16.2 Å². The number of rotatable bonds is 10. The molecule has 0 unspecified atom stereocenters. The number of carbonyl (C=O) groups excluding carboxylic acids is 5. The van der Waals surface area contributed by atoms with Crippen molar-refractivity contribution in [2.45, 2.75) is 86.4 Å². The highest BCUT2D eigenvalue weighted by molar-refractivity contribution is 6.30. The molecular weight excluding hydrogens is 718 g/mol. The van der Waals surface area contributed by atoms with Crippen molar-refractivity contribution >= 4 is 47.6 Å². The van der Waals surface area contributed by atoms with Crippen LogP contribution in [0.25, 0.3) is 0 Å². The predicted octanol–water partition coefficient (Wildman–Crippen LogP) is 10.00. The Kier molecular flexibility index (Phi) is 23.7. The zero-order valence-electron chi connectivity index (χ0n) is 33.8. The lowest BCUT2D eigenvalue weighted by molar-refractivity contribution is -0.191. The zero-order chi connectivity index (χ0) is 41.9. The number of ether oxygens (including phenoxy) is 2. The maximum Gasteiger partial charge on any atom is 0.373 e. The summed E-state index contributed by atoms with van der Waals surface area (Å²) in [6.07, 6.45) is 2.15. The van der Waals surface area contributed by atoms with Gasteiger partial charge in [-0.25, -0.2) is 4.79 Å². The molecule has 0 heterocycles. The molecule has 4 rings (SSSR count). The van der Waals surface area contributed by atoms with Crippen molar-refractivity contribution in [2.24, 2.45) is 11.3 Å². The van der Waals surface area contributed by atoms with E-state index in [4.69, 9.17) is 25.9 Å². The summed E-state index contributed by atoms with van der Waals surface area (Å²) in [6.45, 7) is 18.5. The van der Waals surface area contributed by atoms with Crippen LogP contribution < -0.4 is 16.0 Å². The lowest BCUT2D eigenvalue weighted by atomic mass is 9.88. The first kappa shape index (κ1) is 49.6. The van der Waals surface area contributed by atoms with Crippen LogP contribution >= 0.6 is 11.6 Å². The van der Waals surface area contributed by atoms with Gasteiger partial charge in [0.1, 0.15) is 11.3 Å². The van der Waals surface area contributed by atoms with Crippen molar-refractivity contribution in [2.75, 3.05) is 17.7 Å². The van der Waals surface area contributed by atoms with Crippen LogP contribution in [-0.2, 0) is 41.5 Å². The standard InChI is InChI=1S/C16H18ClN3O.C11H14O2.C11H16.C5H10O2.CO2/c1-16(2,19-14-6-4-3-5-7-14)20-15(21)18-13-10-8-12(17)9-11-13;1-11(2,13-9-12)8-10-6-4-3-5-7-10;1-11(2,3)9-10-7-5-4-6-8-10;1-4(2)5(6)7-3;2-1-3/h3-11,19H,1-2H3,(H2,18,20,21);3-7,9H,8H2,1-2H3;4-8H,9H2,1-3H3;4H,1-3H3;. The van der Waals surface area contributed by atoms with Gasteiger partial charge >= 0.3 is 18.2 Å². The van der Waals surface area contributed by atoms with Crippen molar-refractivity contribution in [3.05, 3.63) is 131 Å². The zero-order valence-corrected chi connectivity index (χ0v) is 34.5. The summed E-state index contributed by atoms with van der Waals surface area (Å²) in [5.41, 5.74) is 3.64. The van der Waals surface area contributed by atoms with Crippen LogP contribution in [0.2, 0.25) is 5.02 Å². The van der Waals surface area contributed by atoms with Gasteiger partial charge in [0.05, 0.1) is 13.0 Å². The second kappa shape index (κ2) is 26.4. The maximum atomic E-state index is 12.0. The Morgan fingerprint density at radius 1 is 0.709 bits per heavy atom. The SMILES string of the molecule is CC(C)(C)Cc1ccccc1.CC(C)(Cc1ccccc1)OC=O.CC(C)(NC(=O)Nc1ccc(Cl)cc1)Nc1ccccc1.COC(=O)C(C)C.O=C=O. The molecule has 55 heavy (non-hydrogen) atoms. The van der Waals surface area contributed by atoms with Gasteiger partial charge in [0.25, 0.3) is 6.47 Å². The molecule has 3 N–H and O–H groups in total. The van der Waals surface area contributed by atoms with Gasteiger partial charge in [-0.15, -0.1) is 0 Å². The first-order chi connectivity index (χ1) is 25.8. The third kappa shape index (κ3) is 26.9. The first-order valence-electron chi connectivity index (χ1n) is 17.7. The Balaban J connectivity index is 0.000000740. The number of hydrogen-bond donors (Lipinski definition) is 3. The van der Waals surface area contributed by atoms with Crippen molar-refractivity contribution in [3.8, 4) is 0 Å². The molecule has 0 fully saturated rings. The summed E-state index contributed by atoms with van der Waals surface area (Å²) in [5, 5.41) is 9.52. The van der Waals surface area contributed by atoms with Crippen LogP contribution in [0, 0.1) is 11.3 Å². The van der Waals surface area contributed by atoms with Crippen molar-refractivity contribution < 1.29 is 33.4 Å². The fourth-order valence-electron chi connectivity index (χ4n) is 4.60. The van der Waals surface area contributed by atoms with E-state index in [9.17, 15) is 14.4 Å². The van der Waals surface area contributed by atoms with Crippen molar-refractivity contribution in [1.82, 2.24) is 5.32 Å². The van der Waals surface area contributed by atoms with E-state index in [2.05, 4.69) is 71.8 Å². The molecule has 0 saturated heterocycles. The second-order valence-electron chi connectivity index (χ2n) is 14.8. The minimum atomic E-state index is -0.585. The molecule has 0 spiro atoms. The summed E-state index contributed by atoms with van der Waals surface area (Å²) in [5.74, 6) is -0.148. The lowest BCUT2D eigenvalue weighted by Gasteiger charge is -2.29. The number of esters is 1. The summed E-state index contributed by atoms with van der Waals surface area (Å²) in [7, 11) is 1.39. The molecule has 4 aromatic rings. The molecule has 0 aliphatic heterocycles. The number of anilines is 2. The minimum Gasteiger partial charge on any atom is -0.469 e. The Bertz CT molecular complexity index is 1670. The molecule has 10 nitrogen and oxygen atoms in total. The van der Waals surface area contributed by atoms with E-state index in [0.29, 0.717) is 22.6 Å². The smallest absolute Gasteiger partial charge is 0.373 e. The fraction of sp³-hybridized carbons (Fsp3) is 0.364. The van der Waals surface area contributed by atoms with Gasteiger partial charge in [-0.3, -0.25) is 9.59 Å². The minimum absolute atomic E-state index is 0.00463. The summed E-state index contributed by atoms with van der Waals surface area (Å²) >= 11 is 5.81. The molecule has 0 aliphatic carbocycles. The highest BCUT2D eigenvalue weighted by atomic mass is 35.5.